The second-order valence-corrected chi connectivity index (χ2v) is 9.72. The summed E-state index contributed by atoms with van der Waals surface area (Å²) in [5.74, 6) is 1.44. The predicted octanol–water partition coefficient (Wildman–Crippen LogP) is 3.05. The maximum atomic E-state index is 12.6. The Kier molecular flexibility index (Phi) is 8.09. The molecule has 1 fully saturated rings. The minimum absolute atomic E-state index is 0.0517. The zero-order valence-corrected chi connectivity index (χ0v) is 21.3. The fraction of sp³-hybridized carbons (Fsp3) is 0.609. The zero-order chi connectivity index (χ0) is 26.6. The molecule has 3 aromatic heterocycles. The number of hydrogen-bond acceptors (Lipinski definition) is 10. The molecule has 4 heterocycles. The van der Waals surface area contributed by atoms with Gasteiger partial charge in [-0.1, -0.05) is 0 Å². The number of rotatable bonds is 10. The van der Waals surface area contributed by atoms with Crippen LogP contribution in [0.25, 0.3) is 11.0 Å². The highest BCUT2D eigenvalue weighted by molar-refractivity contribution is 5.90. The Hall–Kier alpha value is -3.10. The van der Waals surface area contributed by atoms with Crippen LogP contribution in [0.1, 0.15) is 33.4 Å². The van der Waals surface area contributed by atoms with E-state index in [1.807, 2.05) is 13.8 Å². The van der Waals surface area contributed by atoms with E-state index < -0.39 is 12.8 Å². The molecule has 4 rings (SSSR count). The van der Waals surface area contributed by atoms with Crippen LogP contribution in [0.3, 0.4) is 0 Å². The van der Waals surface area contributed by atoms with Gasteiger partial charge in [0.2, 0.25) is 5.95 Å². The molecule has 202 valence electrons. The smallest absolute Gasteiger partial charge is 0.372 e. The third-order valence-corrected chi connectivity index (χ3v) is 5.59. The maximum Gasteiger partial charge on any atom is 0.411 e. The molecule has 11 nitrogen and oxygen atoms in total. The minimum Gasteiger partial charge on any atom is -0.372 e. The molecule has 0 bridgehead atoms. The van der Waals surface area contributed by atoms with Crippen LogP contribution in [0.15, 0.2) is 18.6 Å². The van der Waals surface area contributed by atoms with E-state index in [4.69, 9.17) is 19.4 Å². The summed E-state index contributed by atoms with van der Waals surface area (Å²) in [7, 11) is 0. The first-order valence-electron chi connectivity index (χ1n) is 12.1. The number of nitrogens with zero attached hydrogens (tertiary/aromatic N) is 7. The number of halogens is 3. The summed E-state index contributed by atoms with van der Waals surface area (Å²) in [4.78, 5) is 20.0. The van der Waals surface area contributed by atoms with Gasteiger partial charge in [0.25, 0.3) is 0 Å². The fourth-order valence-electron chi connectivity index (χ4n) is 4.00. The summed E-state index contributed by atoms with van der Waals surface area (Å²) < 4.78 is 50.0. The van der Waals surface area contributed by atoms with Gasteiger partial charge in [0.1, 0.15) is 35.5 Å². The second kappa shape index (κ2) is 11.1. The third-order valence-electron chi connectivity index (χ3n) is 5.59. The molecular formula is C23H32F3N9O2. The van der Waals surface area contributed by atoms with Gasteiger partial charge in [0, 0.05) is 31.4 Å². The molecule has 0 atom stereocenters. The highest BCUT2D eigenvalue weighted by atomic mass is 19.4. The number of ether oxygens (including phenoxy) is 2. The molecule has 3 aromatic rings. The molecule has 1 saturated heterocycles. The second-order valence-electron chi connectivity index (χ2n) is 9.72. The Morgan fingerprint density at radius 3 is 2.73 bits per heavy atom. The van der Waals surface area contributed by atoms with Gasteiger partial charge in [-0.3, -0.25) is 4.68 Å². The molecular weight excluding hydrogens is 491 g/mol. The Morgan fingerprint density at radius 1 is 1.24 bits per heavy atom. The summed E-state index contributed by atoms with van der Waals surface area (Å²) in [6.45, 7) is 8.92. The Bertz CT molecular complexity index is 1190. The van der Waals surface area contributed by atoms with E-state index in [9.17, 15) is 13.2 Å². The predicted molar refractivity (Wildman–Crippen MR) is 132 cm³/mol. The van der Waals surface area contributed by atoms with Gasteiger partial charge in [-0.05, 0) is 33.8 Å². The van der Waals surface area contributed by atoms with Crippen molar-refractivity contribution in [3.8, 4) is 0 Å². The van der Waals surface area contributed by atoms with E-state index in [-0.39, 0.29) is 31.4 Å². The lowest BCUT2D eigenvalue weighted by Crippen LogP contribution is -2.57. The molecule has 0 saturated carbocycles. The lowest BCUT2D eigenvalue weighted by Gasteiger charge is -2.39. The average molecular weight is 524 g/mol. The van der Waals surface area contributed by atoms with Gasteiger partial charge in [0.15, 0.2) is 5.82 Å². The summed E-state index contributed by atoms with van der Waals surface area (Å²) in [5, 5.41) is 11.3. The van der Waals surface area contributed by atoms with Crippen LogP contribution in [0.2, 0.25) is 0 Å². The number of fused-ring (bicyclic) bond motifs is 1. The highest BCUT2D eigenvalue weighted by Crippen LogP contribution is 2.30. The van der Waals surface area contributed by atoms with E-state index in [2.05, 4.69) is 44.4 Å². The first-order chi connectivity index (χ1) is 17.5. The topological polar surface area (TPSA) is 115 Å². The SMILES string of the molecule is CC(C)OCc1nn(CCOCC(F)(F)F)c2c(Nc3ccncn3)nc(N3CCNC(C)(C)C3)nc12. The summed E-state index contributed by atoms with van der Waals surface area (Å²) in [6.07, 6.45) is -1.45. The van der Waals surface area contributed by atoms with Crippen LogP contribution in [0, 0.1) is 0 Å². The van der Waals surface area contributed by atoms with Crippen LogP contribution in [0.5, 0.6) is 0 Å². The van der Waals surface area contributed by atoms with Crippen molar-refractivity contribution >= 4 is 28.6 Å². The lowest BCUT2D eigenvalue weighted by molar-refractivity contribution is -0.174. The Labute approximate surface area is 212 Å². The number of alkyl halides is 3. The normalized spacial score (nSPS) is 16.1. The molecule has 37 heavy (non-hydrogen) atoms. The quantitative estimate of drug-likeness (QED) is 0.384. The van der Waals surface area contributed by atoms with Crippen LogP contribution in [-0.4, -0.2) is 80.4 Å². The van der Waals surface area contributed by atoms with Gasteiger partial charge in [-0.15, -0.1) is 0 Å². The van der Waals surface area contributed by atoms with Crippen LogP contribution in [-0.2, 0) is 22.6 Å². The Morgan fingerprint density at radius 2 is 2.05 bits per heavy atom. The van der Waals surface area contributed by atoms with Gasteiger partial charge in [-0.2, -0.15) is 23.3 Å². The molecule has 2 N–H and O–H groups in total. The van der Waals surface area contributed by atoms with E-state index in [1.54, 1.807) is 16.9 Å². The average Bonchev–Trinajstić information content (AvgIpc) is 3.18. The van der Waals surface area contributed by atoms with Crippen LogP contribution < -0.4 is 15.5 Å². The summed E-state index contributed by atoms with van der Waals surface area (Å²) in [5.41, 5.74) is 1.49. The van der Waals surface area contributed by atoms with Crippen molar-refractivity contribution in [2.24, 2.45) is 0 Å². The molecule has 0 amide bonds. The van der Waals surface area contributed by atoms with Crippen molar-refractivity contribution in [2.75, 3.05) is 43.1 Å². The molecule has 0 radical (unpaired) electrons. The van der Waals surface area contributed by atoms with E-state index in [0.29, 0.717) is 47.4 Å². The van der Waals surface area contributed by atoms with E-state index in [0.717, 1.165) is 6.54 Å². The minimum atomic E-state index is -4.41. The van der Waals surface area contributed by atoms with Crippen molar-refractivity contribution in [3.05, 3.63) is 24.3 Å². The first-order valence-corrected chi connectivity index (χ1v) is 12.1. The maximum absolute atomic E-state index is 12.6. The monoisotopic (exact) mass is 523 g/mol. The van der Waals surface area contributed by atoms with Crippen molar-refractivity contribution in [2.45, 2.75) is 58.7 Å². The van der Waals surface area contributed by atoms with Crippen molar-refractivity contribution in [1.29, 1.82) is 0 Å². The van der Waals surface area contributed by atoms with Crippen LogP contribution >= 0.6 is 0 Å². The standard InChI is InChI=1S/C23H32F3N9O2/c1-15(2)37-11-16-18-19(35(33-16)9-10-36-13-23(24,25)26)20(30-17-5-6-27-14-28-17)32-21(31-18)34-8-7-29-22(3,4)12-34/h5-6,14-15,29H,7-13H2,1-4H3,(H,27,28,30,31,32). The van der Waals surface area contributed by atoms with Gasteiger partial charge in [-0.25, -0.2) is 15.0 Å². The number of piperazine rings is 1. The molecule has 0 aliphatic carbocycles. The Balaban J connectivity index is 1.76. The summed E-state index contributed by atoms with van der Waals surface area (Å²) in [6, 6.07) is 1.69. The molecule has 1 aliphatic rings. The molecule has 0 aromatic carbocycles. The third kappa shape index (κ3) is 7.23. The molecule has 0 unspecified atom stereocenters. The largest absolute Gasteiger partial charge is 0.411 e. The first kappa shape index (κ1) is 26.9. The van der Waals surface area contributed by atoms with Crippen molar-refractivity contribution < 1.29 is 22.6 Å². The number of nitrogens with one attached hydrogen (secondary N) is 2. The van der Waals surface area contributed by atoms with Gasteiger partial charge < -0.3 is 25.0 Å². The number of aromatic nitrogens is 6. The van der Waals surface area contributed by atoms with Gasteiger partial charge in [0.05, 0.1) is 25.9 Å². The zero-order valence-electron chi connectivity index (χ0n) is 21.3. The van der Waals surface area contributed by atoms with Crippen LogP contribution in [0.4, 0.5) is 30.8 Å². The van der Waals surface area contributed by atoms with Crippen molar-refractivity contribution in [3.63, 3.8) is 0 Å². The molecule has 1 aliphatic heterocycles. The summed E-state index contributed by atoms with van der Waals surface area (Å²) >= 11 is 0. The molecule has 0 spiro atoms. The van der Waals surface area contributed by atoms with Gasteiger partial charge >= 0.3 is 6.18 Å². The highest BCUT2D eigenvalue weighted by Gasteiger charge is 2.30. The molecule has 14 heteroatoms. The number of hydrogen-bond donors (Lipinski definition) is 2. The fourth-order valence-corrected chi connectivity index (χ4v) is 4.00. The van der Waals surface area contributed by atoms with E-state index in [1.165, 1.54) is 6.33 Å². The lowest BCUT2D eigenvalue weighted by atomic mass is 10.0. The number of anilines is 3. The van der Waals surface area contributed by atoms with E-state index >= 15 is 0 Å². The van der Waals surface area contributed by atoms with Crippen molar-refractivity contribution in [1.82, 2.24) is 35.0 Å².